The third kappa shape index (κ3) is 2.05. The van der Waals surface area contributed by atoms with E-state index in [0.717, 1.165) is 104 Å². The molecule has 0 aliphatic carbocycles. The van der Waals surface area contributed by atoms with Crippen molar-refractivity contribution in [2.75, 3.05) is 0 Å². The van der Waals surface area contributed by atoms with Crippen molar-refractivity contribution in [1.29, 1.82) is 0 Å². The zero-order valence-electron chi connectivity index (χ0n) is 21.0. The van der Waals surface area contributed by atoms with Crippen LogP contribution in [0.3, 0.4) is 0 Å². The summed E-state index contributed by atoms with van der Waals surface area (Å²) in [6.45, 7) is 0. The van der Waals surface area contributed by atoms with E-state index in [1.165, 1.54) is 0 Å². The monoisotopic (exact) mass is 511 g/mol. The number of rotatable bonds is 0. The maximum Gasteiger partial charge on any atom is 0.145 e. The van der Waals surface area contributed by atoms with Crippen molar-refractivity contribution in [1.82, 2.24) is 4.40 Å². The number of nitrogens with zero attached hydrogens (tertiary/aromatic N) is 1. The highest BCUT2D eigenvalue weighted by Gasteiger charge is 2.27. The van der Waals surface area contributed by atoms with Crippen molar-refractivity contribution in [2.45, 2.75) is 0 Å². The van der Waals surface area contributed by atoms with Crippen molar-refractivity contribution in [3.63, 3.8) is 0 Å². The van der Waals surface area contributed by atoms with E-state index in [2.05, 4.69) is 71.1 Å². The lowest BCUT2D eigenvalue weighted by Crippen LogP contribution is -1.80. The predicted octanol–water partition coefficient (Wildman–Crippen LogP) is 10.5. The Morgan fingerprint density at radius 1 is 0.375 bits per heavy atom. The largest absolute Gasteiger partial charge is 0.455 e. The maximum atomic E-state index is 6.65. The Morgan fingerprint density at radius 3 is 1.45 bits per heavy atom. The molecule has 0 atom stereocenters. The fourth-order valence-electron chi connectivity index (χ4n) is 7.31. The zero-order chi connectivity index (χ0) is 25.7. The van der Waals surface area contributed by atoms with E-state index in [-0.39, 0.29) is 0 Å². The van der Waals surface area contributed by atoms with E-state index in [9.17, 15) is 0 Å². The van der Waals surface area contributed by atoms with E-state index >= 15 is 0 Å². The molecule has 0 saturated carbocycles. The molecule has 11 rings (SSSR count). The second-order valence-electron chi connectivity index (χ2n) is 10.8. The molecule has 5 aromatic heterocycles. The Bertz CT molecular complexity index is 2870. The van der Waals surface area contributed by atoms with Crippen molar-refractivity contribution in [3.8, 4) is 0 Å². The van der Waals surface area contributed by atoms with Gasteiger partial charge >= 0.3 is 0 Å². The molecule has 0 unspecified atom stereocenters. The van der Waals surface area contributed by atoms with Crippen LogP contribution in [0, 0.1) is 0 Å². The van der Waals surface area contributed by atoms with Crippen molar-refractivity contribution in [3.05, 3.63) is 103 Å². The third-order valence-corrected chi connectivity index (χ3v) is 8.92. The normalized spacial score (nSPS) is 13.0. The van der Waals surface area contributed by atoms with Gasteiger partial charge in [-0.25, -0.2) is 0 Å². The van der Waals surface area contributed by atoms with Gasteiger partial charge in [-0.15, -0.1) is 0 Å². The van der Waals surface area contributed by atoms with Gasteiger partial charge in [-0.2, -0.15) is 0 Å². The van der Waals surface area contributed by atoms with Crippen molar-refractivity contribution < 1.29 is 13.3 Å². The lowest BCUT2D eigenvalue weighted by atomic mass is 10.0. The first-order chi connectivity index (χ1) is 19.8. The van der Waals surface area contributed by atoms with Gasteiger partial charge in [0.15, 0.2) is 0 Å². The van der Waals surface area contributed by atoms with Gasteiger partial charge in [0.05, 0.1) is 32.7 Å². The number of fused-ring (bicyclic) bond motifs is 18. The molecule has 4 heteroatoms. The molecule has 5 heterocycles. The highest BCUT2D eigenvalue weighted by Crippen LogP contribution is 2.50. The minimum Gasteiger partial charge on any atom is -0.455 e. The molecule has 0 spiro atoms. The summed E-state index contributed by atoms with van der Waals surface area (Å²) in [4.78, 5) is 0. The Labute approximate surface area is 224 Å². The summed E-state index contributed by atoms with van der Waals surface area (Å²) in [7, 11) is 0. The Balaban J connectivity index is 1.50. The van der Waals surface area contributed by atoms with E-state index in [4.69, 9.17) is 13.3 Å². The van der Waals surface area contributed by atoms with Gasteiger partial charge in [-0.1, -0.05) is 54.6 Å². The number of para-hydroxylation sites is 3. The predicted molar refractivity (Wildman–Crippen MR) is 163 cm³/mol. The van der Waals surface area contributed by atoms with Crippen LogP contribution in [-0.2, 0) is 0 Å². The molecule has 40 heavy (non-hydrogen) atoms. The van der Waals surface area contributed by atoms with Gasteiger partial charge in [0, 0.05) is 37.7 Å². The molecule has 4 nitrogen and oxygen atoms in total. The molecule has 0 saturated heterocycles. The summed E-state index contributed by atoms with van der Waals surface area (Å²) in [6.07, 6.45) is 0. The zero-order valence-corrected chi connectivity index (χ0v) is 21.0. The van der Waals surface area contributed by atoms with Gasteiger partial charge in [-0.05, 0) is 48.5 Å². The number of furan rings is 3. The SMILES string of the molecule is c1ccc2c(c1)oc1c2ccc2c1c1cc3c4ccccc4oc3c3c4c5oc6ccccc6c5ccc4n2c13. The van der Waals surface area contributed by atoms with Gasteiger partial charge in [0.1, 0.15) is 33.5 Å². The second kappa shape index (κ2) is 6.38. The van der Waals surface area contributed by atoms with Crippen LogP contribution in [0.5, 0.6) is 0 Å². The smallest absolute Gasteiger partial charge is 0.145 e. The average Bonchev–Trinajstić information content (AvgIpc) is 3.78. The van der Waals surface area contributed by atoms with Crippen LogP contribution in [0.15, 0.2) is 116 Å². The Hall–Kier alpha value is -5.48. The minimum atomic E-state index is 0.886. The summed E-state index contributed by atoms with van der Waals surface area (Å²) < 4.78 is 22.2. The highest BCUT2D eigenvalue weighted by atomic mass is 16.3. The molecule has 0 aliphatic rings. The van der Waals surface area contributed by atoms with Crippen molar-refractivity contribution in [2.24, 2.45) is 0 Å². The molecule has 0 radical (unpaired) electrons. The molecule has 0 amide bonds. The fourth-order valence-corrected chi connectivity index (χ4v) is 7.31. The minimum absolute atomic E-state index is 0.886. The molecule has 0 bridgehead atoms. The van der Waals surface area contributed by atoms with E-state index < -0.39 is 0 Å². The van der Waals surface area contributed by atoms with Crippen LogP contribution >= 0.6 is 0 Å². The topological polar surface area (TPSA) is 43.8 Å². The fraction of sp³-hybridized carbons (Fsp3) is 0. The molecular formula is C36H17NO3. The summed E-state index contributed by atoms with van der Waals surface area (Å²) >= 11 is 0. The average molecular weight is 512 g/mol. The van der Waals surface area contributed by atoms with Crippen LogP contribution < -0.4 is 0 Å². The van der Waals surface area contributed by atoms with Crippen LogP contribution in [0.1, 0.15) is 0 Å². The molecular weight excluding hydrogens is 494 g/mol. The lowest BCUT2D eigenvalue weighted by Gasteiger charge is -2.00. The third-order valence-electron chi connectivity index (χ3n) is 8.92. The van der Waals surface area contributed by atoms with E-state index in [1.807, 2.05) is 36.4 Å². The molecule has 0 N–H and O–H groups in total. The summed E-state index contributed by atoms with van der Waals surface area (Å²) in [5.74, 6) is 0. The number of hydrogen-bond acceptors (Lipinski definition) is 3. The molecule has 0 fully saturated rings. The van der Waals surface area contributed by atoms with E-state index in [1.54, 1.807) is 0 Å². The molecule has 0 aliphatic heterocycles. The van der Waals surface area contributed by atoms with Crippen LogP contribution in [0.4, 0.5) is 0 Å². The Morgan fingerprint density at radius 2 is 0.850 bits per heavy atom. The quantitative estimate of drug-likeness (QED) is 0.203. The standard InChI is InChI=1S/C36H17NO3/c1-4-10-27-18(7-1)21-13-15-25-30(34(21)38-27)24-17-23-20-9-3-6-12-29(20)40-36(23)32-31-26(37(25)33(24)32)16-14-22-19-8-2-5-11-28(19)39-35(22)31/h1-17H. The lowest BCUT2D eigenvalue weighted by molar-refractivity contribution is 0.670. The van der Waals surface area contributed by atoms with Crippen LogP contribution in [0.2, 0.25) is 0 Å². The first kappa shape index (κ1) is 19.6. The molecule has 6 aromatic carbocycles. The van der Waals surface area contributed by atoms with E-state index in [0.29, 0.717) is 0 Å². The number of aromatic nitrogens is 1. The maximum absolute atomic E-state index is 6.65. The second-order valence-corrected chi connectivity index (χ2v) is 10.8. The molecule has 184 valence electrons. The number of benzene rings is 6. The number of hydrogen-bond donors (Lipinski definition) is 0. The molecule has 11 aromatic rings. The van der Waals surface area contributed by atoms with Gasteiger partial charge in [0.2, 0.25) is 0 Å². The highest BCUT2D eigenvalue weighted by molar-refractivity contribution is 6.38. The van der Waals surface area contributed by atoms with Gasteiger partial charge in [-0.3, -0.25) is 0 Å². The first-order valence-electron chi connectivity index (χ1n) is 13.5. The van der Waals surface area contributed by atoms with Gasteiger partial charge in [0.25, 0.3) is 0 Å². The summed E-state index contributed by atoms with van der Waals surface area (Å²) in [5.41, 5.74) is 8.76. The van der Waals surface area contributed by atoms with Crippen LogP contribution in [-0.4, -0.2) is 4.40 Å². The van der Waals surface area contributed by atoms with Crippen LogP contribution in [0.25, 0.3) is 104 Å². The summed E-state index contributed by atoms with van der Waals surface area (Å²) in [6, 6.07) is 36.0. The Kier molecular flexibility index (Phi) is 3.12. The first-order valence-corrected chi connectivity index (χ1v) is 13.5. The van der Waals surface area contributed by atoms with Crippen molar-refractivity contribution >= 4 is 104 Å². The van der Waals surface area contributed by atoms with Gasteiger partial charge < -0.3 is 17.7 Å². The summed E-state index contributed by atoms with van der Waals surface area (Å²) in [5, 5.41) is 11.2.